The number of aliphatic hydroxyl groups is 1. The second-order valence-corrected chi connectivity index (χ2v) is 8.65. The Hall–Kier alpha value is -2.01. The molecule has 2 aromatic rings. The summed E-state index contributed by atoms with van der Waals surface area (Å²) in [6.45, 7) is 0.0208. The van der Waals surface area contributed by atoms with Crippen molar-refractivity contribution in [3.63, 3.8) is 0 Å². The van der Waals surface area contributed by atoms with Gasteiger partial charge < -0.3 is 20.4 Å². The fourth-order valence-corrected chi connectivity index (χ4v) is 5.23. The molecule has 2 heterocycles. The zero-order chi connectivity index (χ0) is 20.3. The van der Waals surface area contributed by atoms with Crippen molar-refractivity contribution in [2.75, 3.05) is 19.7 Å². The molecular formula is C18H18BrN3O4S2. The molecule has 0 saturated carbocycles. The highest BCUT2D eigenvalue weighted by Crippen LogP contribution is 2.41. The molecule has 7 nitrogen and oxygen atoms in total. The molecule has 3 rings (SSSR count). The summed E-state index contributed by atoms with van der Waals surface area (Å²) in [7, 11) is 0. The number of hydrogen-bond acceptors (Lipinski definition) is 5. The molecule has 1 aromatic heterocycles. The van der Waals surface area contributed by atoms with Crippen LogP contribution in [0.1, 0.15) is 15.2 Å². The van der Waals surface area contributed by atoms with Crippen LogP contribution in [0.2, 0.25) is 0 Å². The predicted octanol–water partition coefficient (Wildman–Crippen LogP) is 2.61. The molecule has 4 N–H and O–H groups in total. The molecule has 2 atom stereocenters. The van der Waals surface area contributed by atoms with Gasteiger partial charge >= 0.3 is 6.09 Å². The van der Waals surface area contributed by atoms with E-state index in [-0.39, 0.29) is 30.7 Å². The number of nitrogens with zero attached hydrogens (tertiary/aromatic N) is 1. The maximum atomic E-state index is 12.4. The second kappa shape index (κ2) is 8.56. The highest BCUT2D eigenvalue weighted by molar-refractivity contribution is 9.10. The highest BCUT2D eigenvalue weighted by Gasteiger charge is 2.50. The van der Waals surface area contributed by atoms with Crippen LogP contribution in [0, 0.1) is 5.92 Å². The lowest BCUT2D eigenvalue weighted by Gasteiger charge is -2.35. The first-order valence-electron chi connectivity index (χ1n) is 8.37. The number of benzene rings is 1. The van der Waals surface area contributed by atoms with Gasteiger partial charge in [0.15, 0.2) is 5.11 Å². The number of rotatable bonds is 4. The van der Waals surface area contributed by atoms with Crippen molar-refractivity contribution in [3.05, 3.63) is 56.7 Å². The maximum Gasteiger partial charge on any atom is 0.407 e. The van der Waals surface area contributed by atoms with Gasteiger partial charge in [-0.1, -0.05) is 18.2 Å². The molecule has 2 amide bonds. The molecule has 0 radical (unpaired) electrons. The molecule has 10 heteroatoms. The Labute approximate surface area is 179 Å². The Balaban J connectivity index is 1.87. The van der Waals surface area contributed by atoms with Crippen LogP contribution in [0.4, 0.5) is 4.79 Å². The number of nitrogens with one attached hydrogen (secondary N) is 2. The number of thiophene rings is 1. The van der Waals surface area contributed by atoms with Crippen LogP contribution >= 0.6 is 39.5 Å². The third-order valence-corrected chi connectivity index (χ3v) is 6.75. The third kappa shape index (κ3) is 4.19. The number of aliphatic hydroxyl groups excluding tert-OH is 1. The van der Waals surface area contributed by atoms with E-state index in [1.54, 1.807) is 24.3 Å². The summed E-state index contributed by atoms with van der Waals surface area (Å²) in [6.07, 6.45) is -1.07. The summed E-state index contributed by atoms with van der Waals surface area (Å²) in [6, 6.07) is 10.5. The molecular weight excluding hydrogens is 466 g/mol. The quantitative estimate of drug-likeness (QED) is 0.498. The molecule has 0 aliphatic carbocycles. The Morgan fingerprint density at radius 2 is 2.07 bits per heavy atom. The van der Waals surface area contributed by atoms with Gasteiger partial charge in [0.2, 0.25) is 0 Å². The third-order valence-electron chi connectivity index (χ3n) is 4.68. The first-order valence-corrected chi connectivity index (χ1v) is 10.5. The summed E-state index contributed by atoms with van der Waals surface area (Å²) in [5, 5.41) is 27.1. The standard InChI is InChI=1S/C18H18BrN3O4S2/c19-13-6-14(28-9-13)18(10-22(17(25)26)7-12(18)8-23)21-16(27)20-15(24)11-4-2-1-3-5-11/h1-6,9,12,23H,7-8,10H2,(H,25,26)(H2,20,21,24,27). The number of carboxylic acid groups (broad SMARTS) is 1. The molecule has 28 heavy (non-hydrogen) atoms. The van der Waals surface area contributed by atoms with Crippen LogP contribution in [0.5, 0.6) is 0 Å². The number of amides is 2. The number of carbonyl (C=O) groups excluding carboxylic acids is 1. The number of carbonyl (C=O) groups is 2. The van der Waals surface area contributed by atoms with Gasteiger partial charge in [0, 0.05) is 32.8 Å². The molecule has 1 fully saturated rings. The van der Waals surface area contributed by atoms with E-state index in [0.29, 0.717) is 5.56 Å². The van der Waals surface area contributed by atoms with E-state index in [2.05, 4.69) is 26.6 Å². The zero-order valence-corrected chi connectivity index (χ0v) is 17.8. The zero-order valence-electron chi connectivity index (χ0n) is 14.6. The Morgan fingerprint density at radius 3 is 2.64 bits per heavy atom. The van der Waals surface area contributed by atoms with Crippen LogP contribution < -0.4 is 10.6 Å². The average Bonchev–Trinajstić information content (AvgIpc) is 3.27. The molecule has 1 aliphatic rings. The topological polar surface area (TPSA) is 102 Å². The van der Waals surface area contributed by atoms with Crippen molar-refractivity contribution < 1.29 is 19.8 Å². The maximum absolute atomic E-state index is 12.4. The van der Waals surface area contributed by atoms with Gasteiger partial charge in [-0.05, 0) is 46.3 Å². The highest BCUT2D eigenvalue weighted by atomic mass is 79.9. The predicted molar refractivity (Wildman–Crippen MR) is 114 cm³/mol. The smallest absolute Gasteiger partial charge is 0.407 e. The van der Waals surface area contributed by atoms with Crippen molar-refractivity contribution in [2.24, 2.45) is 5.92 Å². The van der Waals surface area contributed by atoms with Gasteiger partial charge in [0.1, 0.15) is 0 Å². The minimum absolute atomic E-state index is 0.0732. The van der Waals surface area contributed by atoms with Crippen molar-refractivity contribution in [2.45, 2.75) is 5.54 Å². The number of halogens is 1. The summed E-state index contributed by atoms with van der Waals surface area (Å²) in [4.78, 5) is 26.0. The lowest BCUT2D eigenvalue weighted by molar-refractivity contribution is 0.0974. The fraction of sp³-hybridized carbons (Fsp3) is 0.278. The molecule has 2 unspecified atom stereocenters. The Kier molecular flexibility index (Phi) is 6.33. The van der Waals surface area contributed by atoms with Crippen molar-refractivity contribution >= 4 is 56.6 Å². The van der Waals surface area contributed by atoms with E-state index in [0.717, 1.165) is 9.35 Å². The molecule has 1 saturated heterocycles. The molecule has 148 valence electrons. The van der Waals surface area contributed by atoms with Crippen molar-refractivity contribution in [3.8, 4) is 0 Å². The van der Waals surface area contributed by atoms with Crippen LogP contribution in [-0.4, -0.2) is 51.9 Å². The molecule has 1 aromatic carbocycles. The summed E-state index contributed by atoms with van der Waals surface area (Å²) >= 11 is 10.2. The van der Waals surface area contributed by atoms with Gasteiger partial charge in [-0.3, -0.25) is 10.1 Å². The Morgan fingerprint density at radius 1 is 1.36 bits per heavy atom. The monoisotopic (exact) mass is 483 g/mol. The van der Waals surface area contributed by atoms with Crippen molar-refractivity contribution in [1.82, 2.24) is 15.5 Å². The van der Waals surface area contributed by atoms with Gasteiger partial charge in [-0.2, -0.15) is 0 Å². The number of hydrogen-bond donors (Lipinski definition) is 4. The van der Waals surface area contributed by atoms with Crippen LogP contribution in [0.15, 0.2) is 46.3 Å². The molecule has 0 bridgehead atoms. The molecule has 0 spiro atoms. The first-order chi connectivity index (χ1) is 13.4. The van der Waals surface area contributed by atoms with E-state index in [1.807, 2.05) is 17.5 Å². The van der Waals surface area contributed by atoms with E-state index in [4.69, 9.17) is 12.2 Å². The van der Waals surface area contributed by atoms with E-state index >= 15 is 0 Å². The minimum atomic E-state index is -1.07. The van der Waals surface area contributed by atoms with Gasteiger partial charge in [0.25, 0.3) is 5.91 Å². The molecule has 1 aliphatic heterocycles. The largest absolute Gasteiger partial charge is 0.465 e. The number of thiocarbonyl (C=S) groups is 1. The van der Waals surface area contributed by atoms with E-state index in [9.17, 15) is 19.8 Å². The average molecular weight is 484 g/mol. The SMILES string of the molecule is O=C(NC(=S)NC1(c2cc(Br)cs2)CN(C(=O)O)CC1CO)c1ccccc1. The summed E-state index contributed by atoms with van der Waals surface area (Å²) < 4.78 is 0.846. The van der Waals surface area contributed by atoms with Gasteiger partial charge in [-0.15, -0.1) is 11.3 Å². The lowest BCUT2D eigenvalue weighted by atomic mass is 9.86. The second-order valence-electron chi connectivity index (χ2n) is 6.42. The van der Waals surface area contributed by atoms with Crippen LogP contribution in [0.25, 0.3) is 0 Å². The first kappa shape index (κ1) is 20.7. The van der Waals surface area contributed by atoms with Crippen LogP contribution in [0.3, 0.4) is 0 Å². The fourth-order valence-electron chi connectivity index (χ4n) is 3.30. The van der Waals surface area contributed by atoms with Gasteiger partial charge in [0.05, 0.1) is 18.7 Å². The minimum Gasteiger partial charge on any atom is -0.465 e. The van der Waals surface area contributed by atoms with Crippen molar-refractivity contribution in [1.29, 1.82) is 0 Å². The summed E-state index contributed by atoms with van der Waals surface area (Å²) in [5.41, 5.74) is -0.484. The number of likely N-dealkylation sites (tertiary alicyclic amines) is 1. The van der Waals surface area contributed by atoms with Crippen LogP contribution in [-0.2, 0) is 5.54 Å². The van der Waals surface area contributed by atoms with E-state index < -0.39 is 17.6 Å². The van der Waals surface area contributed by atoms with E-state index in [1.165, 1.54) is 16.2 Å². The summed E-state index contributed by atoms with van der Waals surface area (Å²) in [5.74, 6) is -0.796. The normalized spacial score (nSPS) is 21.4. The lowest BCUT2D eigenvalue weighted by Crippen LogP contribution is -2.56. The Bertz CT molecular complexity index is 892. The van der Waals surface area contributed by atoms with Gasteiger partial charge in [-0.25, -0.2) is 4.79 Å².